The van der Waals surface area contributed by atoms with E-state index in [1.54, 1.807) is 0 Å². The number of hydrogen-bond donors (Lipinski definition) is 2. The van der Waals surface area contributed by atoms with Gasteiger partial charge in [-0.25, -0.2) is 4.68 Å². The predicted octanol–water partition coefficient (Wildman–Crippen LogP) is 3.48. The molecule has 0 unspecified atom stereocenters. The van der Waals surface area contributed by atoms with Crippen LogP contribution in [0.1, 0.15) is 65.8 Å². The van der Waals surface area contributed by atoms with E-state index in [4.69, 9.17) is 10.8 Å². The van der Waals surface area contributed by atoms with Crippen LogP contribution in [0.3, 0.4) is 0 Å². The van der Waals surface area contributed by atoms with Gasteiger partial charge < -0.3 is 11.1 Å². The third-order valence-electron chi connectivity index (χ3n) is 6.00. The number of benzene rings is 1. The Morgan fingerprint density at radius 2 is 1.81 bits per heavy atom. The lowest BCUT2D eigenvalue weighted by Crippen LogP contribution is -2.51. The summed E-state index contributed by atoms with van der Waals surface area (Å²) in [4.78, 5) is 13.1. The summed E-state index contributed by atoms with van der Waals surface area (Å²) >= 11 is 0. The average Bonchev–Trinajstić information content (AvgIpc) is 3.28. The van der Waals surface area contributed by atoms with Crippen LogP contribution in [0.15, 0.2) is 24.3 Å². The van der Waals surface area contributed by atoms with Crippen LogP contribution in [0, 0.1) is 6.92 Å². The van der Waals surface area contributed by atoms with Crippen molar-refractivity contribution in [3.63, 3.8) is 0 Å². The zero-order valence-electron chi connectivity index (χ0n) is 16.0. The van der Waals surface area contributed by atoms with Gasteiger partial charge in [0.15, 0.2) is 5.69 Å². The minimum absolute atomic E-state index is 0. The van der Waals surface area contributed by atoms with Crippen LogP contribution in [-0.4, -0.2) is 27.8 Å². The van der Waals surface area contributed by atoms with E-state index in [1.807, 2.05) is 4.68 Å². The van der Waals surface area contributed by atoms with Crippen LogP contribution in [0.25, 0.3) is 5.69 Å². The lowest BCUT2D eigenvalue weighted by molar-refractivity contribution is 0.0896. The number of nitrogens with zero attached hydrogens (tertiary/aromatic N) is 2. The number of aryl methyl sites for hydroxylation is 1. The molecule has 146 valence electrons. The molecule has 5 nitrogen and oxygen atoms in total. The molecular weight excluding hydrogens is 360 g/mol. The molecule has 2 aliphatic rings. The van der Waals surface area contributed by atoms with Crippen molar-refractivity contribution in [3.8, 4) is 5.69 Å². The second-order valence-corrected chi connectivity index (χ2v) is 7.87. The number of carbonyl (C=O) groups excluding carboxylic acids is 1. The maximum Gasteiger partial charge on any atom is 0.272 e. The summed E-state index contributed by atoms with van der Waals surface area (Å²) in [6, 6.07) is 8.34. The van der Waals surface area contributed by atoms with Crippen LogP contribution in [0.2, 0.25) is 0 Å². The van der Waals surface area contributed by atoms with Gasteiger partial charge in [0.2, 0.25) is 0 Å². The van der Waals surface area contributed by atoms with E-state index in [0.29, 0.717) is 12.2 Å². The molecule has 4 rings (SSSR count). The number of amides is 1. The Morgan fingerprint density at radius 3 is 2.48 bits per heavy atom. The molecule has 0 aliphatic heterocycles. The predicted molar refractivity (Wildman–Crippen MR) is 110 cm³/mol. The first-order valence-electron chi connectivity index (χ1n) is 9.82. The van der Waals surface area contributed by atoms with Crippen LogP contribution in [0.5, 0.6) is 0 Å². The molecule has 0 atom stereocenters. The first-order valence-corrected chi connectivity index (χ1v) is 9.82. The second-order valence-electron chi connectivity index (χ2n) is 7.87. The molecule has 1 aromatic carbocycles. The Labute approximate surface area is 167 Å². The normalized spacial score (nSPS) is 17.9. The van der Waals surface area contributed by atoms with Gasteiger partial charge in [-0.05, 0) is 57.6 Å². The third kappa shape index (κ3) is 3.76. The molecule has 0 radical (unpaired) electrons. The fraction of sp³-hybridized carbons (Fsp3) is 0.524. The second kappa shape index (κ2) is 8.03. The summed E-state index contributed by atoms with van der Waals surface area (Å²) < 4.78 is 1.98. The highest BCUT2D eigenvalue weighted by Crippen LogP contribution is 2.31. The van der Waals surface area contributed by atoms with Crippen LogP contribution >= 0.6 is 12.4 Å². The van der Waals surface area contributed by atoms with E-state index < -0.39 is 0 Å². The molecule has 6 heteroatoms. The number of aromatic nitrogens is 2. The molecule has 1 amide bonds. The number of halogens is 1. The summed E-state index contributed by atoms with van der Waals surface area (Å²) in [5, 5.41) is 8.01. The number of carbonyl (C=O) groups is 1. The summed E-state index contributed by atoms with van der Waals surface area (Å²) in [6.45, 7) is 2.58. The van der Waals surface area contributed by atoms with E-state index in [1.165, 1.54) is 11.3 Å². The SMILES string of the molecule is Cc1ccc(-n2nc(C(=O)NC3(CN)CCCC3)c3c2CCCC3)cc1.Cl. The van der Waals surface area contributed by atoms with E-state index in [-0.39, 0.29) is 23.9 Å². The van der Waals surface area contributed by atoms with E-state index >= 15 is 0 Å². The van der Waals surface area contributed by atoms with E-state index in [0.717, 1.165) is 62.6 Å². The number of nitrogens with two attached hydrogens (primary N) is 1. The number of rotatable bonds is 4. The summed E-state index contributed by atoms with van der Waals surface area (Å²) in [5.41, 5.74) is 10.9. The molecule has 1 aromatic heterocycles. The topological polar surface area (TPSA) is 72.9 Å². The first-order chi connectivity index (χ1) is 12.6. The van der Waals surface area contributed by atoms with Gasteiger partial charge in [0.05, 0.1) is 11.2 Å². The highest BCUT2D eigenvalue weighted by Gasteiger charge is 2.36. The van der Waals surface area contributed by atoms with E-state index in [9.17, 15) is 4.79 Å². The summed E-state index contributed by atoms with van der Waals surface area (Å²) in [6.07, 6.45) is 8.38. The van der Waals surface area contributed by atoms with Gasteiger partial charge in [-0.2, -0.15) is 5.10 Å². The minimum atomic E-state index is -0.244. The molecule has 0 saturated heterocycles. The van der Waals surface area contributed by atoms with Crippen molar-refractivity contribution in [2.24, 2.45) is 5.73 Å². The Kier molecular flexibility index (Phi) is 5.92. The standard InChI is InChI=1S/C21H28N4O.ClH/c1-15-8-10-16(11-9-15)25-18-7-3-2-6-17(18)19(24-25)20(26)23-21(14-22)12-4-5-13-21;/h8-11H,2-7,12-14,22H2,1H3,(H,23,26);1H. The van der Waals surface area contributed by atoms with Crippen LogP contribution in [0.4, 0.5) is 0 Å². The number of hydrogen-bond acceptors (Lipinski definition) is 3. The summed E-state index contributed by atoms with van der Waals surface area (Å²) in [7, 11) is 0. The maximum atomic E-state index is 13.1. The highest BCUT2D eigenvalue weighted by atomic mass is 35.5. The fourth-order valence-electron chi connectivity index (χ4n) is 4.41. The van der Waals surface area contributed by atoms with Gasteiger partial charge >= 0.3 is 0 Å². The average molecular weight is 389 g/mol. The van der Waals surface area contributed by atoms with Gasteiger partial charge in [-0.3, -0.25) is 4.79 Å². The van der Waals surface area contributed by atoms with Crippen LogP contribution in [-0.2, 0) is 12.8 Å². The molecular formula is C21H29ClN4O. The van der Waals surface area contributed by atoms with Gasteiger partial charge in [0.1, 0.15) is 0 Å². The minimum Gasteiger partial charge on any atom is -0.344 e. The van der Waals surface area contributed by atoms with E-state index in [2.05, 4.69) is 36.5 Å². The third-order valence-corrected chi connectivity index (χ3v) is 6.00. The lowest BCUT2D eigenvalue weighted by atomic mass is 9.94. The smallest absolute Gasteiger partial charge is 0.272 e. The monoisotopic (exact) mass is 388 g/mol. The van der Waals surface area contributed by atoms with Gasteiger partial charge in [0, 0.05) is 17.8 Å². The van der Waals surface area contributed by atoms with Gasteiger partial charge in [-0.15, -0.1) is 12.4 Å². The van der Waals surface area contributed by atoms with Gasteiger partial charge in [0.25, 0.3) is 5.91 Å². The quantitative estimate of drug-likeness (QED) is 0.842. The van der Waals surface area contributed by atoms with Crippen molar-refractivity contribution < 1.29 is 4.79 Å². The Morgan fingerprint density at radius 1 is 1.15 bits per heavy atom. The van der Waals surface area contributed by atoms with Crippen molar-refractivity contribution in [2.75, 3.05) is 6.54 Å². The Bertz CT molecular complexity index is 806. The number of nitrogens with one attached hydrogen (secondary N) is 1. The Balaban J connectivity index is 0.00000210. The first kappa shape index (κ1) is 19.9. The molecule has 3 N–H and O–H groups in total. The van der Waals surface area contributed by atoms with Gasteiger partial charge in [-0.1, -0.05) is 30.5 Å². The lowest BCUT2D eigenvalue weighted by Gasteiger charge is -2.28. The highest BCUT2D eigenvalue weighted by molar-refractivity contribution is 5.94. The largest absolute Gasteiger partial charge is 0.344 e. The number of fused-ring (bicyclic) bond motifs is 1. The molecule has 2 aromatic rings. The Hall–Kier alpha value is -1.85. The van der Waals surface area contributed by atoms with Crippen molar-refractivity contribution in [2.45, 2.75) is 63.8 Å². The van der Waals surface area contributed by atoms with Crippen molar-refractivity contribution in [3.05, 3.63) is 46.8 Å². The maximum absolute atomic E-state index is 13.1. The zero-order valence-corrected chi connectivity index (χ0v) is 16.8. The van der Waals surface area contributed by atoms with Crippen molar-refractivity contribution >= 4 is 18.3 Å². The fourth-order valence-corrected chi connectivity index (χ4v) is 4.41. The molecule has 0 spiro atoms. The van der Waals surface area contributed by atoms with Crippen molar-refractivity contribution in [1.29, 1.82) is 0 Å². The molecule has 1 saturated carbocycles. The summed E-state index contributed by atoms with van der Waals surface area (Å²) in [5.74, 6) is -0.0543. The molecule has 1 fully saturated rings. The van der Waals surface area contributed by atoms with Crippen molar-refractivity contribution in [1.82, 2.24) is 15.1 Å². The molecule has 2 aliphatic carbocycles. The van der Waals surface area contributed by atoms with Crippen LogP contribution < -0.4 is 11.1 Å². The zero-order chi connectivity index (χ0) is 18.1. The molecule has 27 heavy (non-hydrogen) atoms. The molecule has 0 bridgehead atoms. The molecule has 1 heterocycles.